The SMILES string of the molecule is Cc1ccc(CC(NC=O)C(=O)O)c(Br)c1. The summed E-state index contributed by atoms with van der Waals surface area (Å²) in [4.78, 5) is 21.1. The molecule has 2 N–H and O–H groups in total. The van der Waals surface area contributed by atoms with Gasteiger partial charge in [-0.1, -0.05) is 28.1 Å². The van der Waals surface area contributed by atoms with Gasteiger partial charge in [-0.25, -0.2) is 4.79 Å². The first-order chi connectivity index (χ1) is 7.54. The van der Waals surface area contributed by atoms with Crippen molar-refractivity contribution < 1.29 is 14.7 Å². The van der Waals surface area contributed by atoms with Crippen molar-refractivity contribution in [1.82, 2.24) is 5.32 Å². The molecule has 0 spiro atoms. The lowest BCUT2D eigenvalue weighted by Gasteiger charge is -2.12. The van der Waals surface area contributed by atoms with Gasteiger partial charge in [0, 0.05) is 10.9 Å². The van der Waals surface area contributed by atoms with Crippen LogP contribution in [0.1, 0.15) is 11.1 Å². The molecule has 0 radical (unpaired) electrons. The number of carbonyl (C=O) groups is 2. The van der Waals surface area contributed by atoms with Crippen molar-refractivity contribution in [2.45, 2.75) is 19.4 Å². The zero-order valence-electron chi connectivity index (χ0n) is 8.74. The molecule has 0 aliphatic carbocycles. The highest BCUT2D eigenvalue weighted by atomic mass is 79.9. The van der Waals surface area contributed by atoms with Crippen LogP contribution in [-0.2, 0) is 16.0 Å². The van der Waals surface area contributed by atoms with Gasteiger partial charge in [0.25, 0.3) is 0 Å². The molecule has 0 heterocycles. The number of aliphatic carboxylic acids is 1. The Morgan fingerprint density at radius 3 is 2.81 bits per heavy atom. The van der Waals surface area contributed by atoms with E-state index in [0.29, 0.717) is 6.41 Å². The Balaban J connectivity index is 2.84. The third-order valence-electron chi connectivity index (χ3n) is 2.20. The molecule has 1 rings (SSSR count). The Labute approximate surface area is 102 Å². The highest BCUT2D eigenvalue weighted by molar-refractivity contribution is 9.10. The van der Waals surface area contributed by atoms with Crippen molar-refractivity contribution in [3.8, 4) is 0 Å². The Morgan fingerprint density at radius 1 is 1.62 bits per heavy atom. The first kappa shape index (κ1) is 12.7. The van der Waals surface area contributed by atoms with Gasteiger partial charge in [-0.15, -0.1) is 0 Å². The molecule has 86 valence electrons. The van der Waals surface area contributed by atoms with Crippen LogP contribution in [0.2, 0.25) is 0 Å². The van der Waals surface area contributed by atoms with Crippen LogP contribution in [0.15, 0.2) is 22.7 Å². The average Bonchev–Trinajstić information content (AvgIpc) is 2.20. The molecule has 0 saturated heterocycles. The average molecular weight is 286 g/mol. The first-order valence-electron chi connectivity index (χ1n) is 4.72. The first-order valence-corrected chi connectivity index (χ1v) is 5.51. The number of hydrogen-bond donors (Lipinski definition) is 2. The Bertz CT molecular complexity index is 406. The van der Waals surface area contributed by atoms with Crippen molar-refractivity contribution in [1.29, 1.82) is 0 Å². The largest absolute Gasteiger partial charge is 0.480 e. The number of halogens is 1. The molecule has 0 aliphatic heterocycles. The predicted octanol–water partition coefficient (Wildman–Crippen LogP) is 1.50. The fourth-order valence-corrected chi connectivity index (χ4v) is 1.99. The lowest BCUT2D eigenvalue weighted by Crippen LogP contribution is -2.37. The van der Waals surface area contributed by atoms with E-state index >= 15 is 0 Å². The van der Waals surface area contributed by atoms with Crippen LogP contribution in [0.3, 0.4) is 0 Å². The molecule has 1 atom stereocenters. The van der Waals surface area contributed by atoms with Crippen LogP contribution < -0.4 is 5.32 Å². The molecule has 1 aromatic carbocycles. The fourth-order valence-electron chi connectivity index (χ4n) is 1.34. The van der Waals surface area contributed by atoms with Crippen LogP contribution in [0.5, 0.6) is 0 Å². The van der Waals surface area contributed by atoms with Gasteiger partial charge in [-0.05, 0) is 24.1 Å². The summed E-state index contributed by atoms with van der Waals surface area (Å²) in [6, 6.07) is 4.77. The number of amides is 1. The van der Waals surface area contributed by atoms with Gasteiger partial charge >= 0.3 is 5.97 Å². The van der Waals surface area contributed by atoms with Crippen molar-refractivity contribution in [2.24, 2.45) is 0 Å². The van der Waals surface area contributed by atoms with Gasteiger partial charge in [-0.2, -0.15) is 0 Å². The van der Waals surface area contributed by atoms with Crippen LogP contribution in [-0.4, -0.2) is 23.5 Å². The van der Waals surface area contributed by atoms with Crippen LogP contribution >= 0.6 is 15.9 Å². The number of aryl methyl sites for hydroxylation is 1. The Kier molecular flexibility index (Phi) is 4.49. The highest BCUT2D eigenvalue weighted by Gasteiger charge is 2.17. The van der Waals surface area contributed by atoms with Gasteiger partial charge in [-0.3, -0.25) is 4.79 Å². The van der Waals surface area contributed by atoms with E-state index in [4.69, 9.17) is 5.11 Å². The molecule has 1 aromatic rings. The smallest absolute Gasteiger partial charge is 0.326 e. The van der Waals surface area contributed by atoms with Gasteiger partial charge in [0.05, 0.1) is 0 Å². The summed E-state index contributed by atoms with van der Waals surface area (Å²) in [5.41, 5.74) is 1.94. The molecular formula is C11H12BrNO3. The predicted molar refractivity (Wildman–Crippen MR) is 63.2 cm³/mol. The topological polar surface area (TPSA) is 66.4 Å². The zero-order chi connectivity index (χ0) is 12.1. The van der Waals surface area contributed by atoms with E-state index in [0.717, 1.165) is 15.6 Å². The van der Waals surface area contributed by atoms with Crippen LogP contribution in [0.4, 0.5) is 0 Å². The molecule has 0 fully saturated rings. The second-order valence-corrected chi connectivity index (χ2v) is 4.33. The minimum atomic E-state index is -1.04. The van der Waals surface area contributed by atoms with E-state index in [1.54, 1.807) is 0 Å². The van der Waals surface area contributed by atoms with Gasteiger partial charge in [0.1, 0.15) is 6.04 Å². The quantitative estimate of drug-likeness (QED) is 0.806. The summed E-state index contributed by atoms with van der Waals surface area (Å²) in [5, 5.41) is 11.1. The summed E-state index contributed by atoms with van der Waals surface area (Å²) in [5.74, 6) is -1.04. The maximum Gasteiger partial charge on any atom is 0.326 e. The van der Waals surface area contributed by atoms with E-state index in [1.807, 2.05) is 25.1 Å². The van der Waals surface area contributed by atoms with Crippen LogP contribution in [0, 0.1) is 6.92 Å². The Morgan fingerprint density at radius 2 is 2.31 bits per heavy atom. The fraction of sp³-hybridized carbons (Fsp3) is 0.273. The molecule has 0 aliphatic rings. The van der Waals surface area contributed by atoms with E-state index in [1.165, 1.54) is 0 Å². The number of nitrogens with one attached hydrogen (secondary N) is 1. The third-order valence-corrected chi connectivity index (χ3v) is 2.94. The molecular weight excluding hydrogens is 274 g/mol. The van der Waals surface area contributed by atoms with Crippen molar-refractivity contribution in [3.05, 3.63) is 33.8 Å². The van der Waals surface area contributed by atoms with Gasteiger partial charge in [0.2, 0.25) is 6.41 Å². The highest BCUT2D eigenvalue weighted by Crippen LogP contribution is 2.19. The molecule has 0 aromatic heterocycles. The molecule has 0 saturated carbocycles. The van der Waals surface area contributed by atoms with E-state index in [9.17, 15) is 9.59 Å². The summed E-state index contributed by atoms with van der Waals surface area (Å²) in [6.45, 7) is 1.95. The van der Waals surface area contributed by atoms with Gasteiger partial charge < -0.3 is 10.4 Å². The van der Waals surface area contributed by atoms with Crippen molar-refractivity contribution in [2.75, 3.05) is 0 Å². The second kappa shape index (κ2) is 5.65. The molecule has 4 nitrogen and oxygen atoms in total. The second-order valence-electron chi connectivity index (χ2n) is 3.47. The van der Waals surface area contributed by atoms with Crippen molar-refractivity contribution in [3.63, 3.8) is 0 Å². The maximum atomic E-state index is 10.8. The van der Waals surface area contributed by atoms with E-state index < -0.39 is 12.0 Å². The minimum absolute atomic E-state index is 0.259. The number of hydrogen-bond acceptors (Lipinski definition) is 2. The number of rotatable bonds is 5. The molecule has 1 unspecified atom stereocenters. The third kappa shape index (κ3) is 3.34. The van der Waals surface area contributed by atoms with Gasteiger partial charge in [0.15, 0.2) is 0 Å². The van der Waals surface area contributed by atoms with Crippen LogP contribution in [0.25, 0.3) is 0 Å². The number of benzene rings is 1. The summed E-state index contributed by atoms with van der Waals surface area (Å²) in [6.07, 6.45) is 0.663. The summed E-state index contributed by atoms with van der Waals surface area (Å²) in [7, 11) is 0. The minimum Gasteiger partial charge on any atom is -0.480 e. The van der Waals surface area contributed by atoms with E-state index in [2.05, 4.69) is 21.2 Å². The standard InChI is InChI=1S/C11H12BrNO3/c1-7-2-3-8(9(12)4-7)5-10(11(15)16)13-6-14/h2-4,6,10H,5H2,1H3,(H,13,14)(H,15,16). The molecule has 16 heavy (non-hydrogen) atoms. The zero-order valence-corrected chi connectivity index (χ0v) is 10.3. The number of carboxylic acids is 1. The monoisotopic (exact) mass is 285 g/mol. The van der Waals surface area contributed by atoms with E-state index in [-0.39, 0.29) is 6.42 Å². The maximum absolute atomic E-state index is 10.8. The Hall–Kier alpha value is -1.36. The summed E-state index contributed by atoms with van der Waals surface area (Å²) < 4.78 is 0.853. The number of carboxylic acid groups (broad SMARTS) is 1. The lowest BCUT2D eigenvalue weighted by atomic mass is 10.0. The normalized spacial score (nSPS) is 11.9. The number of carbonyl (C=O) groups excluding carboxylic acids is 1. The molecule has 1 amide bonds. The van der Waals surface area contributed by atoms with Crippen molar-refractivity contribution >= 4 is 28.3 Å². The molecule has 0 bridgehead atoms. The summed E-state index contributed by atoms with van der Waals surface area (Å²) >= 11 is 3.37. The lowest BCUT2D eigenvalue weighted by molar-refractivity contribution is -0.140. The molecule has 5 heteroatoms.